The molecule has 1 aliphatic heterocycles. The summed E-state index contributed by atoms with van der Waals surface area (Å²) in [4.78, 5) is 15.5. The average molecular weight is 433 g/mol. The van der Waals surface area contributed by atoms with Gasteiger partial charge in [0, 0.05) is 30.7 Å². The lowest BCUT2D eigenvalue weighted by molar-refractivity contribution is -0.122. The zero-order valence-electron chi connectivity index (χ0n) is 16.2. The Bertz CT molecular complexity index is 965. The smallest absolute Gasteiger partial charge is 0.242 e. The highest BCUT2D eigenvalue weighted by atomic mass is 35.5. The number of nitrogens with one attached hydrogen (secondary N) is 1. The molecular formula is C22H25ClN2O3S. The molecule has 5 nitrogen and oxygen atoms in total. The van der Waals surface area contributed by atoms with Crippen LogP contribution in [0.4, 0.5) is 0 Å². The molecule has 4 rings (SSSR count). The van der Waals surface area contributed by atoms with E-state index in [4.69, 9.17) is 11.6 Å². The molecule has 1 heterocycles. The van der Waals surface area contributed by atoms with Gasteiger partial charge in [0.05, 0.1) is 4.90 Å². The number of carbonyl (C=O) groups excluding carboxylic acids is 1. The van der Waals surface area contributed by atoms with Crippen LogP contribution in [0.1, 0.15) is 31.2 Å². The van der Waals surface area contributed by atoms with Crippen LogP contribution in [0.2, 0.25) is 5.02 Å². The molecule has 2 aliphatic rings. The first-order chi connectivity index (χ1) is 13.9. The Kier molecular flexibility index (Phi) is 5.69. The van der Waals surface area contributed by atoms with Crippen LogP contribution in [-0.2, 0) is 21.2 Å². The third-order valence-electron chi connectivity index (χ3n) is 5.93. The summed E-state index contributed by atoms with van der Waals surface area (Å²) in [6, 6.07) is 16.4. The van der Waals surface area contributed by atoms with Gasteiger partial charge in [-0.1, -0.05) is 41.9 Å². The molecule has 1 N–H and O–H groups in total. The first-order valence-electron chi connectivity index (χ1n) is 9.98. The van der Waals surface area contributed by atoms with E-state index in [1.54, 1.807) is 12.1 Å². The molecule has 1 saturated carbocycles. The molecule has 0 unspecified atom stereocenters. The second-order valence-corrected chi connectivity index (χ2v) is 10.7. The van der Waals surface area contributed by atoms with E-state index < -0.39 is 14.6 Å². The van der Waals surface area contributed by atoms with Crippen molar-refractivity contribution < 1.29 is 13.2 Å². The third-order valence-corrected chi connectivity index (χ3v) is 8.70. The Morgan fingerprint density at radius 3 is 2.24 bits per heavy atom. The molecular weight excluding hydrogens is 408 g/mol. The van der Waals surface area contributed by atoms with Gasteiger partial charge in [-0.2, -0.15) is 0 Å². The van der Waals surface area contributed by atoms with Gasteiger partial charge in [0.15, 0.2) is 14.6 Å². The number of sulfone groups is 1. The van der Waals surface area contributed by atoms with Gasteiger partial charge >= 0.3 is 0 Å². The normalized spacial score (nSPS) is 19.6. The number of carbonyl (C=O) groups is 1. The van der Waals surface area contributed by atoms with Gasteiger partial charge in [-0.15, -0.1) is 0 Å². The molecule has 0 bridgehead atoms. The van der Waals surface area contributed by atoms with Crippen LogP contribution in [0.25, 0.3) is 0 Å². The van der Waals surface area contributed by atoms with Gasteiger partial charge in [0.25, 0.3) is 0 Å². The van der Waals surface area contributed by atoms with E-state index in [0.717, 1.165) is 32.5 Å². The fraction of sp³-hybridized carbons (Fsp3) is 0.409. The second kappa shape index (κ2) is 8.09. The maximum atomic E-state index is 13.1. The molecule has 1 aliphatic carbocycles. The Morgan fingerprint density at radius 1 is 1.03 bits per heavy atom. The number of hydrogen-bond donors (Lipinski definition) is 1. The number of halogens is 1. The van der Waals surface area contributed by atoms with Crippen molar-refractivity contribution in [2.24, 2.45) is 0 Å². The lowest BCUT2D eigenvalue weighted by atomic mass is 10.0. The van der Waals surface area contributed by atoms with Crippen molar-refractivity contribution in [1.82, 2.24) is 10.2 Å². The van der Waals surface area contributed by atoms with E-state index in [9.17, 15) is 13.2 Å². The standard InChI is InChI=1S/C22H25ClN2O3S/c23-18-6-8-20(9-7-18)29(27,28)22(12-13-22)21(26)24-19-10-14-25(15-11-19)16-17-4-2-1-3-5-17/h1-9,19H,10-16H2,(H,24,26). The molecule has 154 valence electrons. The minimum absolute atomic E-state index is 0.0208. The van der Waals surface area contributed by atoms with Crippen LogP contribution in [0.5, 0.6) is 0 Å². The number of rotatable bonds is 6. The first kappa shape index (κ1) is 20.4. The fourth-order valence-electron chi connectivity index (χ4n) is 3.96. The zero-order chi connectivity index (χ0) is 20.5. The molecule has 1 amide bonds. The summed E-state index contributed by atoms with van der Waals surface area (Å²) in [6.45, 7) is 2.67. The van der Waals surface area contributed by atoms with Gasteiger partial charge in [0.2, 0.25) is 5.91 Å². The Labute approximate surface area is 177 Å². The molecule has 7 heteroatoms. The third kappa shape index (κ3) is 4.20. The minimum Gasteiger partial charge on any atom is -0.352 e. The molecule has 0 spiro atoms. The second-order valence-electron chi connectivity index (χ2n) is 7.96. The van der Waals surface area contributed by atoms with E-state index in [1.165, 1.54) is 17.7 Å². The lowest BCUT2D eigenvalue weighted by Crippen LogP contribution is -2.50. The highest BCUT2D eigenvalue weighted by molar-refractivity contribution is 7.94. The van der Waals surface area contributed by atoms with Crippen LogP contribution in [0.3, 0.4) is 0 Å². The number of nitrogens with zero attached hydrogens (tertiary/aromatic N) is 1. The van der Waals surface area contributed by atoms with Crippen LogP contribution < -0.4 is 5.32 Å². The largest absolute Gasteiger partial charge is 0.352 e. The SMILES string of the molecule is O=C(NC1CCN(Cc2ccccc2)CC1)C1(S(=O)(=O)c2ccc(Cl)cc2)CC1. The topological polar surface area (TPSA) is 66.5 Å². The van der Waals surface area contributed by atoms with Gasteiger partial charge in [-0.05, 0) is 55.5 Å². The highest BCUT2D eigenvalue weighted by Crippen LogP contribution is 2.47. The highest BCUT2D eigenvalue weighted by Gasteiger charge is 2.61. The summed E-state index contributed by atoms with van der Waals surface area (Å²) < 4.78 is 24.8. The van der Waals surface area contributed by atoms with E-state index >= 15 is 0 Å². The molecule has 29 heavy (non-hydrogen) atoms. The lowest BCUT2D eigenvalue weighted by Gasteiger charge is -2.33. The van der Waals surface area contributed by atoms with E-state index in [2.05, 4.69) is 22.3 Å². The maximum absolute atomic E-state index is 13.1. The molecule has 0 radical (unpaired) electrons. The fourth-order valence-corrected chi connectivity index (χ4v) is 5.98. The zero-order valence-corrected chi connectivity index (χ0v) is 17.8. The maximum Gasteiger partial charge on any atom is 0.242 e. The first-order valence-corrected chi connectivity index (χ1v) is 11.8. The summed E-state index contributed by atoms with van der Waals surface area (Å²) in [5, 5.41) is 3.50. The van der Waals surface area contributed by atoms with E-state index in [-0.39, 0.29) is 16.8 Å². The summed E-state index contributed by atoms with van der Waals surface area (Å²) in [5.41, 5.74) is 1.28. The van der Waals surface area contributed by atoms with Gasteiger partial charge in [-0.3, -0.25) is 9.69 Å². The Morgan fingerprint density at radius 2 is 1.66 bits per heavy atom. The summed E-state index contributed by atoms with van der Waals surface area (Å²) in [5.74, 6) is -0.353. The Balaban J connectivity index is 1.35. The minimum atomic E-state index is -3.73. The van der Waals surface area contributed by atoms with Crippen LogP contribution >= 0.6 is 11.6 Å². The molecule has 2 fully saturated rings. The Hall–Kier alpha value is -1.89. The van der Waals surface area contributed by atoms with Gasteiger partial charge < -0.3 is 5.32 Å². The number of likely N-dealkylation sites (tertiary alicyclic amines) is 1. The molecule has 0 atom stereocenters. The van der Waals surface area contributed by atoms with Crippen molar-refractivity contribution in [3.8, 4) is 0 Å². The quantitative estimate of drug-likeness (QED) is 0.759. The average Bonchev–Trinajstić information content (AvgIpc) is 3.53. The van der Waals surface area contributed by atoms with Crippen LogP contribution in [0, 0.1) is 0 Å². The number of piperidine rings is 1. The molecule has 1 saturated heterocycles. The summed E-state index contributed by atoms with van der Waals surface area (Å²) in [7, 11) is -3.73. The van der Waals surface area contributed by atoms with Crippen molar-refractivity contribution >= 4 is 27.3 Å². The molecule has 0 aromatic heterocycles. The van der Waals surface area contributed by atoms with Crippen molar-refractivity contribution in [2.45, 2.75) is 47.9 Å². The predicted octanol–water partition coefficient (Wildman–Crippen LogP) is 3.43. The van der Waals surface area contributed by atoms with Gasteiger partial charge in [0.1, 0.15) is 0 Å². The van der Waals surface area contributed by atoms with Gasteiger partial charge in [-0.25, -0.2) is 8.42 Å². The predicted molar refractivity (Wildman–Crippen MR) is 113 cm³/mol. The van der Waals surface area contributed by atoms with Crippen molar-refractivity contribution in [2.75, 3.05) is 13.1 Å². The summed E-state index contributed by atoms with van der Waals surface area (Å²) in [6.07, 6.45) is 2.40. The van der Waals surface area contributed by atoms with Crippen molar-refractivity contribution in [3.63, 3.8) is 0 Å². The van der Waals surface area contributed by atoms with Crippen LogP contribution in [0.15, 0.2) is 59.5 Å². The van der Waals surface area contributed by atoms with E-state index in [0.29, 0.717) is 17.9 Å². The number of benzene rings is 2. The summed E-state index contributed by atoms with van der Waals surface area (Å²) >= 11 is 5.87. The molecule has 2 aromatic rings. The number of hydrogen-bond acceptors (Lipinski definition) is 4. The van der Waals surface area contributed by atoms with E-state index in [1.807, 2.05) is 18.2 Å². The monoisotopic (exact) mass is 432 g/mol. The van der Waals surface area contributed by atoms with Crippen molar-refractivity contribution in [1.29, 1.82) is 0 Å². The molecule has 2 aromatic carbocycles. The van der Waals surface area contributed by atoms with Crippen molar-refractivity contribution in [3.05, 3.63) is 65.2 Å². The van der Waals surface area contributed by atoms with Crippen LogP contribution in [-0.4, -0.2) is 43.1 Å². The number of amides is 1.